The highest BCUT2D eigenvalue weighted by molar-refractivity contribution is 7.99. The van der Waals surface area contributed by atoms with Gasteiger partial charge in [-0.05, 0) is 42.0 Å². The van der Waals surface area contributed by atoms with Crippen LogP contribution < -0.4 is 10.1 Å². The standard InChI is InChI=1S/C15H22BN3OS2/c16-13-10-17-14(22-13)18-15(20)19(11-4-2-1-3-5-11)12-6-8-21-9-7-12/h10-12H,1-9H2,(H,17,18,20). The number of amides is 2. The van der Waals surface area contributed by atoms with E-state index < -0.39 is 0 Å². The van der Waals surface area contributed by atoms with Crippen LogP contribution in [-0.4, -0.2) is 47.4 Å². The van der Waals surface area contributed by atoms with E-state index in [9.17, 15) is 4.79 Å². The lowest BCUT2D eigenvalue weighted by molar-refractivity contribution is 0.128. The molecule has 118 valence electrons. The van der Waals surface area contributed by atoms with E-state index in [2.05, 4.69) is 15.2 Å². The Kier molecular flexibility index (Phi) is 5.68. The summed E-state index contributed by atoms with van der Waals surface area (Å²) in [5.74, 6) is 2.32. The molecule has 2 heterocycles. The molecule has 1 saturated heterocycles. The number of hydrogen-bond donors (Lipinski definition) is 1. The van der Waals surface area contributed by atoms with E-state index in [4.69, 9.17) is 7.85 Å². The van der Waals surface area contributed by atoms with Crippen molar-refractivity contribution in [3.63, 3.8) is 0 Å². The number of aromatic nitrogens is 1. The molecule has 1 aliphatic heterocycles. The first kappa shape index (κ1) is 16.2. The molecule has 3 rings (SSSR count). The molecule has 1 aromatic heterocycles. The molecule has 1 aliphatic carbocycles. The van der Waals surface area contributed by atoms with Crippen molar-refractivity contribution in [3.05, 3.63) is 6.20 Å². The Morgan fingerprint density at radius 3 is 2.50 bits per heavy atom. The van der Waals surface area contributed by atoms with E-state index in [0.29, 0.717) is 22.0 Å². The zero-order chi connectivity index (χ0) is 15.4. The minimum Gasteiger partial charge on any atom is -0.318 e. The van der Waals surface area contributed by atoms with Gasteiger partial charge < -0.3 is 4.90 Å². The lowest BCUT2D eigenvalue weighted by Crippen LogP contribution is -2.51. The SMILES string of the molecule is [B]c1cnc(NC(=O)N(C2CCCCC2)C2CCSCC2)s1. The molecule has 2 amide bonds. The topological polar surface area (TPSA) is 45.2 Å². The number of hydrogen-bond acceptors (Lipinski definition) is 4. The summed E-state index contributed by atoms with van der Waals surface area (Å²) in [7, 11) is 5.70. The van der Waals surface area contributed by atoms with Gasteiger partial charge in [0.25, 0.3) is 0 Å². The Morgan fingerprint density at radius 1 is 1.18 bits per heavy atom. The molecule has 1 saturated carbocycles. The van der Waals surface area contributed by atoms with Crippen LogP contribution in [-0.2, 0) is 0 Å². The first-order valence-corrected chi connectivity index (χ1v) is 10.1. The van der Waals surface area contributed by atoms with Crippen LogP contribution in [0.15, 0.2) is 6.20 Å². The summed E-state index contributed by atoms with van der Waals surface area (Å²) in [6.07, 6.45) is 9.86. The van der Waals surface area contributed by atoms with Gasteiger partial charge in [0.05, 0.1) is 0 Å². The van der Waals surface area contributed by atoms with Crippen LogP contribution in [0.5, 0.6) is 0 Å². The van der Waals surface area contributed by atoms with Gasteiger partial charge in [-0.1, -0.05) is 19.3 Å². The second kappa shape index (κ2) is 7.73. The molecule has 7 heteroatoms. The van der Waals surface area contributed by atoms with Crippen molar-refractivity contribution in [2.45, 2.75) is 57.0 Å². The van der Waals surface area contributed by atoms with Gasteiger partial charge in [-0.15, -0.1) is 11.3 Å². The monoisotopic (exact) mass is 335 g/mol. The van der Waals surface area contributed by atoms with Crippen LogP contribution in [0.3, 0.4) is 0 Å². The first-order chi connectivity index (χ1) is 10.7. The quantitative estimate of drug-likeness (QED) is 0.864. The first-order valence-electron chi connectivity index (χ1n) is 8.12. The minimum absolute atomic E-state index is 0.0122. The summed E-state index contributed by atoms with van der Waals surface area (Å²) in [6.45, 7) is 0. The highest BCUT2D eigenvalue weighted by atomic mass is 32.2. The molecule has 1 aromatic rings. The van der Waals surface area contributed by atoms with E-state index in [-0.39, 0.29) is 6.03 Å². The third kappa shape index (κ3) is 3.99. The van der Waals surface area contributed by atoms with Gasteiger partial charge in [-0.25, -0.2) is 9.78 Å². The van der Waals surface area contributed by atoms with Gasteiger partial charge in [0.15, 0.2) is 5.13 Å². The molecule has 0 unspecified atom stereocenters. The van der Waals surface area contributed by atoms with Crippen molar-refractivity contribution < 1.29 is 4.79 Å². The van der Waals surface area contributed by atoms with Gasteiger partial charge in [0, 0.05) is 18.3 Å². The van der Waals surface area contributed by atoms with E-state index in [1.165, 1.54) is 30.6 Å². The molecule has 0 spiro atoms. The van der Waals surface area contributed by atoms with Crippen LogP contribution in [0.1, 0.15) is 44.9 Å². The third-order valence-corrected chi connectivity index (χ3v) is 6.31. The maximum Gasteiger partial charge on any atom is 0.324 e. The van der Waals surface area contributed by atoms with Crippen LogP contribution in [0.4, 0.5) is 9.93 Å². The van der Waals surface area contributed by atoms with Crippen LogP contribution >= 0.6 is 23.1 Å². The molecule has 2 radical (unpaired) electrons. The lowest BCUT2D eigenvalue weighted by atomic mass is 9.92. The summed E-state index contributed by atoms with van der Waals surface area (Å²) in [5, 5.41) is 3.57. The van der Waals surface area contributed by atoms with Crippen molar-refractivity contribution in [2.24, 2.45) is 0 Å². The van der Waals surface area contributed by atoms with Crippen LogP contribution in [0, 0.1) is 0 Å². The molecule has 1 N–H and O–H groups in total. The summed E-state index contributed by atoms with van der Waals surface area (Å²) in [4.78, 5) is 19.1. The maximum atomic E-state index is 12.9. The number of anilines is 1. The maximum absolute atomic E-state index is 12.9. The molecule has 2 fully saturated rings. The van der Waals surface area contributed by atoms with Gasteiger partial charge in [-0.3, -0.25) is 5.32 Å². The van der Waals surface area contributed by atoms with Crippen molar-refractivity contribution in [3.8, 4) is 0 Å². The average Bonchev–Trinajstić information content (AvgIpc) is 2.95. The van der Waals surface area contributed by atoms with Crippen molar-refractivity contribution >= 4 is 46.9 Å². The van der Waals surface area contributed by atoms with Gasteiger partial charge >= 0.3 is 6.03 Å². The predicted molar refractivity (Wildman–Crippen MR) is 95.6 cm³/mol. The normalized spacial score (nSPS) is 20.7. The van der Waals surface area contributed by atoms with Crippen LogP contribution in [0.25, 0.3) is 0 Å². The Morgan fingerprint density at radius 2 is 1.86 bits per heavy atom. The zero-order valence-electron chi connectivity index (χ0n) is 12.8. The number of thioether (sulfide) groups is 1. The number of urea groups is 1. The largest absolute Gasteiger partial charge is 0.324 e. The fraction of sp³-hybridized carbons (Fsp3) is 0.733. The molecule has 2 aliphatic rings. The minimum atomic E-state index is 0.0122. The molecule has 22 heavy (non-hydrogen) atoms. The molecule has 0 bridgehead atoms. The zero-order valence-corrected chi connectivity index (χ0v) is 14.4. The average molecular weight is 335 g/mol. The second-order valence-corrected chi connectivity index (χ2v) is 8.33. The highest BCUT2D eigenvalue weighted by Crippen LogP contribution is 2.30. The number of carbonyl (C=O) groups excluding carboxylic acids is 1. The summed E-state index contributed by atoms with van der Waals surface area (Å²) in [6, 6.07) is 0.777. The number of rotatable bonds is 3. The fourth-order valence-electron chi connectivity index (χ4n) is 3.45. The Balaban J connectivity index is 1.72. The molecule has 0 atom stereocenters. The number of nitrogens with zero attached hydrogens (tertiary/aromatic N) is 2. The Bertz CT molecular complexity index is 481. The number of thiazole rings is 1. The summed E-state index contributed by atoms with van der Waals surface area (Å²) in [5.41, 5.74) is 0. The van der Waals surface area contributed by atoms with Crippen molar-refractivity contribution in [1.29, 1.82) is 0 Å². The van der Waals surface area contributed by atoms with E-state index in [1.54, 1.807) is 6.20 Å². The predicted octanol–water partition coefficient (Wildman–Crippen LogP) is 3.00. The third-order valence-electron chi connectivity index (χ3n) is 4.52. The molecule has 4 nitrogen and oxygen atoms in total. The van der Waals surface area contributed by atoms with Crippen molar-refractivity contribution in [2.75, 3.05) is 16.8 Å². The summed E-state index contributed by atoms with van der Waals surface area (Å²) < 4.78 is 0.633. The van der Waals surface area contributed by atoms with E-state index in [0.717, 1.165) is 37.2 Å². The highest BCUT2D eigenvalue weighted by Gasteiger charge is 2.32. The number of carbonyl (C=O) groups is 1. The smallest absolute Gasteiger partial charge is 0.318 e. The fourth-order valence-corrected chi connectivity index (χ4v) is 5.11. The lowest BCUT2D eigenvalue weighted by Gasteiger charge is -2.41. The van der Waals surface area contributed by atoms with Crippen LogP contribution in [0.2, 0.25) is 0 Å². The summed E-state index contributed by atoms with van der Waals surface area (Å²) >= 11 is 3.33. The Hall–Kier alpha value is -0.685. The Labute approximate surface area is 141 Å². The van der Waals surface area contributed by atoms with E-state index >= 15 is 0 Å². The second-order valence-electron chi connectivity index (χ2n) is 6.04. The number of nitrogens with one attached hydrogen (secondary N) is 1. The molecule has 0 aromatic carbocycles. The van der Waals surface area contributed by atoms with Crippen molar-refractivity contribution in [1.82, 2.24) is 9.88 Å². The van der Waals surface area contributed by atoms with Gasteiger partial charge in [0.2, 0.25) is 0 Å². The van der Waals surface area contributed by atoms with Gasteiger partial charge in [-0.2, -0.15) is 11.8 Å². The van der Waals surface area contributed by atoms with Gasteiger partial charge in [0.1, 0.15) is 7.85 Å². The molecular weight excluding hydrogens is 313 g/mol. The molecular formula is C15H22BN3OS2. The van der Waals surface area contributed by atoms with E-state index in [1.807, 2.05) is 11.8 Å².